The lowest BCUT2D eigenvalue weighted by atomic mass is 10.1. The van der Waals surface area contributed by atoms with Crippen molar-refractivity contribution in [3.63, 3.8) is 0 Å². The molecule has 0 aromatic carbocycles. The van der Waals surface area contributed by atoms with Crippen LogP contribution in [0.5, 0.6) is 5.88 Å². The third-order valence-electron chi connectivity index (χ3n) is 1.99. The molecular weight excluding hydrogens is 273 g/mol. The lowest BCUT2D eigenvalue weighted by Crippen LogP contribution is -2.19. The van der Waals surface area contributed by atoms with Gasteiger partial charge in [0.2, 0.25) is 0 Å². The number of hydrogen-bond donors (Lipinski definition) is 1. The molecule has 0 atom stereocenters. The average molecular weight is 280 g/mol. The van der Waals surface area contributed by atoms with E-state index >= 15 is 0 Å². The molecular formula is C9H7F3N2O5. The second kappa shape index (κ2) is 5.08. The molecule has 1 rings (SSSR count). The summed E-state index contributed by atoms with van der Waals surface area (Å²) < 4.78 is 39.7. The lowest BCUT2D eigenvalue weighted by Gasteiger charge is -2.10. The van der Waals surface area contributed by atoms with Gasteiger partial charge in [-0.2, -0.15) is 0 Å². The van der Waals surface area contributed by atoms with Crippen LogP contribution in [0.1, 0.15) is 11.3 Å². The zero-order chi connectivity index (χ0) is 14.8. The fourth-order valence-electron chi connectivity index (χ4n) is 1.26. The first-order valence-corrected chi connectivity index (χ1v) is 4.72. The number of pyridine rings is 1. The summed E-state index contributed by atoms with van der Waals surface area (Å²) in [6.45, 7) is 1.30. The fourth-order valence-corrected chi connectivity index (χ4v) is 1.26. The Morgan fingerprint density at radius 3 is 2.58 bits per heavy atom. The van der Waals surface area contributed by atoms with Gasteiger partial charge in [0.05, 0.1) is 17.0 Å². The Hall–Kier alpha value is -2.39. The van der Waals surface area contributed by atoms with Gasteiger partial charge in [0.25, 0.3) is 0 Å². The van der Waals surface area contributed by atoms with Crippen LogP contribution in [0.3, 0.4) is 0 Å². The minimum Gasteiger partial charge on any atom is -0.481 e. The number of carboxylic acids is 1. The first-order valence-electron chi connectivity index (χ1n) is 4.72. The molecule has 0 bridgehead atoms. The van der Waals surface area contributed by atoms with Gasteiger partial charge in [-0.1, -0.05) is 0 Å². The summed E-state index contributed by atoms with van der Waals surface area (Å²) in [6, 6.07) is 0.784. The molecule has 1 N–H and O–H groups in total. The predicted octanol–water partition coefficient (Wildman–Crippen LogP) is 1.82. The highest BCUT2D eigenvalue weighted by Crippen LogP contribution is 2.31. The van der Waals surface area contributed by atoms with Crippen molar-refractivity contribution in [3.05, 3.63) is 27.4 Å². The first-order chi connectivity index (χ1) is 8.60. The van der Waals surface area contributed by atoms with E-state index in [2.05, 4.69) is 9.72 Å². The van der Waals surface area contributed by atoms with E-state index in [0.717, 1.165) is 6.07 Å². The van der Waals surface area contributed by atoms with Gasteiger partial charge >= 0.3 is 23.9 Å². The second-order valence-electron chi connectivity index (χ2n) is 3.45. The number of aliphatic carboxylic acids is 1. The van der Waals surface area contributed by atoms with Crippen molar-refractivity contribution in [2.45, 2.75) is 19.7 Å². The van der Waals surface area contributed by atoms with E-state index in [4.69, 9.17) is 5.11 Å². The summed E-state index contributed by atoms with van der Waals surface area (Å²) in [5.74, 6) is -2.61. The number of nitrogens with zero attached hydrogens (tertiary/aromatic N) is 2. The number of carboxylic acid groups (broad SMARTS) is 1. The van der Waals surface area contributed by atoms with Crippen LogP contribution < -0.4 is 4.74 Å². The number of carbonyl (C=O) groups is 1. The van der Waals surface area contributed by atoms with Gasteiger partial charge in [0, 0.05) is 6.07 Å². The lowest BCUT2D eigenvalue weighted by molar-refractivity contribution is -0.389. The van der Waals surface area contributed by atoms with E-state index in [0.29, 0.717) is 0 Å². The molecule has 1 heterocycles. The van der Waals surface area contributed by atoms with Gasteiger partial charge in [0.1, 0.15) is 0 Å². The number of alkyl halides is 3. The average Bonchev–Trinajstić information content (AvgIpc) is 2.19. The van der Waals surface area contributed by atoms with Crippen molar-refractivity contribution in [2.75, 3.05) is 0 Å². The molecule has 10 heteroatoms. The number of aryl methyl sites for hydroxylation is 1. The molecule has 7 nitrogen and oxygen atoms in total. The zero-order valence-electron chi connectivity index (χ0n) is 9.39. The maximum absolute atomic E-state index is 12.1. The van der Waals surface area contributed by atoms with Crippen LogP contribution >= 0.6 is 0 Å². The largest absolute Gasteiger partial charge is 0.574 e. The van der Waals surface area contributed by atoms with Crippen LogP contribution in [0.2, 0.25) is 0 Å². The fraction of sp³-hybridized carbons (Fsp3) is 0.333. The third kappa shape index (κ3) is 4.08. The maximum atomic E-state index is 12.1. The predicted molar refractivity (Wildman–Crippen MR) is 53.7 cm³/mol. The van der Waals surface area contributed by atoms with Crippen molar-refractivity contribution in [1.29, 1.82) is 0 Å². The minimum absolute atomic E-state index is 0.0867. The van der Waals surface area contributed by atoms with Crippen LogP contribution in [-0.2, 0) is 11.2 Å². The molecule has 1 aromatic rings. The molecule has 0 fully saturated rings. The van der Waals surface area contributed by atoms with E-state index < -0.39 is 35.2 Å². The van der Waals surface area contributed by atoms with E-state index in [1.165, 1.54) is 6.92 Å². The summed E-state index contributed by atoms with van der Waals surface area (Å²) in [4.78, 5) is 23.3. The molecule has 0 aliphatic rings. The van der Waals surface area contributed by atoms with Gasteiger partial charge in [-0.15, -0.1) is 13.2 Å². The van der Waals surface area contributed by atoms with Crippen LogP contribution in [0.15, 0.2) is 6.07 Å². The Labute approximate surface area is 103 Å². The van der Waals surface area contributed by atoms with Gasteiger partial charge in [0.15, 0.2) is 0 Å². The first kappa shape index (κ1) is 14.7. The Kier molecular flexibility index (Phi) is 3.92. The van der Waals surface area contributed by atoms with Crippen molar-refractivity contribution in [2.24, 2.45) is 0 Å². The van der Waals surface area contributed by atoms with Gasteiger partial charge in [-0.25, -0.2) is 4.98 Å². The van der Waals surface area contributed by atoms with Crippen molar-refractivity contribution < 1.29 is 32.7 Å². The van der Waals surface area contributed by atoms with Crippen LogP contribution in [0.4, 0.5) is 18.9 Å². The number of nitro groups is 1. The number of aromatic nitrogens is 1. The second-order valence-corrected chi connectivity index (χ2v) is 3.45. The molecule has 0 aliphatic carbocycles. The molecule has 0 spiro atoms. The Bertz CT molecular complexity index is 529. The smallest absolute Gasteiger partial charge is 0.481 e. The Morgan fingerprint density at radius 1 is 1.58 bits per heavy atom. The minimum atomic E-state index is -5.16. The molecule has 0 saturated carbocycles. The van der Waals surface area contributed by atoms with Crippen LogP contribution in [0.25, 0.3) is 0 Å². The standard InChI is InChI=1S/C9H7F3N2O5/c1-4-2-6(14(17)18)8(19-9(10,11)12)13-5(4)3-7(15)16/h2H,3H2,1H3,(H,15,16). The van der Waals surface area contributed by atoms with Crippen molar-refractivity contribution >= 4 is 11.7 Å². The normalized spacial score (nSPS) is 11.2. The molecule has 0 unspecified atom stereocenters. The highest BCUT2D eigenvalue weighted by atomic mass is 19.4. The summed E-state index contributed by atoms with van der Waals surface area (Å²) >= 11 is 0. The molecule has 1 aromatic heterocycles. The molecule has 0 aliphatic heterocycles. The monoisotopic (exact) mass is 280 g/mol. The maximum Gasteiger partial charge on any atom is 0.574 e. The quantitative estimate of drug-likeness (QED) is 0.666. The van der Waals surface area contributed by atoms with E-state index in [-0.39, 0.29) is 11.3 Å². The van der Waals surface area contributed by atoms with Crippen LogP contribution in [0, 0.1) is 17.0 Å². The molecule has 19 heavy (non-hydrogen) atoms. The third-order valence-corrected chi connectivity index (χ3v) is 1.99. The number of hydrogen-bond acceptors (Lipinski definition) is 5. The number of ether oxygens (including phenoxy) is 1. The zero-order valence-corrected chi connectivity index (χ0v) is 9.39. The molecule has 0 amide bonds. The SMILES string of the molecule is Cc1cc([N+](=O)[O-])c(OC(F)(F)F)nc1CC(=O)O. The molecule has 0 saturated heterocycles. The van der Waals surface area contributed by atoms with Crippen molar-refractivity contribution in [3.8, 4) is 5.88 Å². The van der Waals surface area contributed by atoms with E-state index in [1.807, 2.05) is 0 Å². The Morgan fingerprint density at radius 2 is 2.16 bits per heavy atom. The number of halogens is 3. The van der Waals surface area contributed by atoms with E-state index in [1.54, 1.807) is 0 Å². The van der Waals surface area contributed by atoms with Crippen molar-refractivity contribution in [1.82, 2.24) is 4.98 Å². The summed E-state index contributed by atoms with van der Waals surface area (Å²) in [5.41, 5.74) is -1.13. The van der Waals surface area contributed by atoms with Gasteiger partial charge in [-0.3, -0.25) is 14.9 Å². The summed E-state index contributed by atoms with van der Waals surface area (Å²) in [7, 11) is 0. The summed E-state index contributed by atoms with van der Waals surface area (Å²) in [5, 5.41) is 19.2. The molecule has 104 valence electrons. The topological polar surface area (TPSA) is 103 Å². The highest BCUT2D eigenvalue weighted by Gasteiger charge is 2.36. The number of rotatable bonds is 4. The summed E-state index contributed by atoms with van der Waals surface area (Å²) in [6.07, 6.45) is -5.83. The Balaban J connectivity index is 3.31. The highest BCUT2D eigenvalue weighted by molar-refractivity contribution is 5.70. The van der Waals surface area contributed by atoms with E-state index in [9.17, 15) is 28.1 Å². The van der Waals surface area contributed by atoms with Crippen LogP contribution in [-0.4, -0.2) is 27.3 Å². The van der Waals surface area contributed by atoms with Gasteiger partial charge in [-0.05, 0) is 12.5 Å². The van der Waals surface area contributed by atoms with Gasteiger partial charge < -0.3 is 9.84 Å². The molecule has 0 radical (unpaired) electrons.